The number of aryl methyl sites for hydroxylation is 1. The quantitative estimate of drug-likeness (QED) is 0.719. The lowest BCUT2D eigenvalue weighted by molar-refractivity contribution is 0.278. The largest absolute Gasteiger partial charge is 0.506 e. The Morgan fingerprint density at radius 3 is 2.84 bits per heavy atom. The minimum atomic E-state index is -3.10. The first-order valence-electron chi connectivity index (χ1n) is 5.84. The second-order valence-electron chi connectivity index (χ2n) is 4.50. The van der Waals surface area contributed by atoms with Gasteiger partial charge in [-0.25, -0.2) is 8.42 Å². The number of nitrogens with zero attached hydrogens (tertiary/aromatic N) is 1. The van der Waals surface area contributed by atoms with Crippen molar-refractivity contribution in [1.29, 1.82) is 0 Å². The zero-order valence-corrected chi connectivity index (χ0v) is 11.3. The molecular weight excluding hydrogens is 268 g/mol. The second kappa shape index (κ2) is 5.28. The third-order valence-electron chi connectivity index (χ3n) is 3.07. The van der Waals surface area contributed by atoms with Crippen LogP contribution in [0.2, 0.25) is 0 Å². The highest BCUT2D eigenvalue weighted by Crippen LogP contribution is 2.24. The van der Waals surface area contributed by atoms with Crippen LogP contribution in [0.5, 0.6) is 5.75 Å². The van der Waals surface area contributed by atoms with E-state index in [1.807, 2.05) is 0 Å². The Bertz CT molecular complexity index is 610. The number of sulfone groups is 1. The molecule has 0 bridgehead atoms. The van der Waals surface area contributed by atoms with Gasteiger partial charge in [0.2, 0.25) is 0 Å². The summed E-state index contributed by atoms with van der Waals surface area (Å²) in [6.45, 7) is 1.71. The van der Waals surface area contributed by atoms with E-state index in [0.29, 0.717) is 16.8 Å². The van der Waals surface area contributed by atoms with E-state index in [4.69, 9.17) is 0 Å². The van der Waals surface area contributed by atoms with Gasteiger partial charge in [-0.2, -0.15) is 0 Å². The van der Waals surface area contributed by atoms with Gasteiger partial charge in [0.15, 0.2) is 9.84 Å². The molecule has 1 aromatic heterocycles. The van der Waals surface area contributed by atoms with Crippen LogP contribution in [0.4, 0.5) is 0 Å². The lowest BCUT2D eigenvalue weighted by atomic mass is 10.1. The molecule has 0 fully saturated rings. The summed E-state index contributed by atoms with van der Waals surface area (Å²) in [5.41, 5.74) is 1.55. The van der Waals surface area contributed by atoms with Crippen LogP contribution in [0.1, 0.15) is 16.8 Å². The standard InChI is InChI=1S/C12H16N2O4S/c1-8-12(16)11(9(6-15)4-13-8)5-14-10-2-3-19(17,18)7-10/h2-4,10,14-16H,5-7H2,1H3. The molecule has 6 nitrogen and oxygen atoms in total. The number of hydrogen-bond acceptors (Lipinski definition) is 6. The molecule has 0 aliphatic carbocycles. The van der Waals surface area contributed by atoms with Crippen molar-refractivity contribution in [2.45, 2.75) is 26.1 Å². The molecule has 1 unspecified atom stereocenters. The predicted molar refractivity (Wildman–Crippen MR) is 70.1 cm³/mol. The van der Waals surface area contributed by atoms with E-state index in [9.17, 15) is 18.6 Å². The van der Waals surface area contributed by atoms with Gasteiger partial charge in [0.1, 0.15) is 5.75 Å². The SMILES string of the molecule is Cc1ncc(CO)c(CNC2C=CS(=O)(=O)C2)c1O. The number of nitrogens with one attached hydrogen (secondary N) is 1. The maximum Gasteiger partial charge on any atom is 0.173 e. The van der Waals surface area contributed by atoms with E-state index in [1.54, 1.807) is 13.0 Å². The van der Waals surface area contributed by atoms with E-state index in [1.165, 1.54) is 11.6 Å². The fourth-order valence-electron chi connectivity index (χ4n) is 1.95. The topological polar surface area (TPSA) is 99.5 Å². The monoisotopic (exact) mass is 284 g/mol. The number of aliphatic hydroxyl groups is 1. The predicted octanol–water partition coefficient (Wildman–Crippen LogP) is -0.0118. The van der Waals surface area contributed by atoms with Crippen LogP contribution in [0.25, 0.3) is 0 Å². The van der Waals surface area contributed by atoms with Crippen molar-refractivity contribution in [1.82, 2.24) is 10.3 Å². The lowest BCUT2D eigenvalue weighted by Gasteiger charge is -2.14. The Morgan fingerprint density at radius 2 is 2.26 bits per heavy atom. The average Bonchev–Trinajstić information content (AvgIpc) is 2.71. The maximum atomic E-state index is 11.3. The van der Waals surface area contributed by atoms with Gasteiger partial charge in [-0.1, -0.05) is 6.08 Å². The summed E-state index contributed by atoms with van der Waals surface area (Å²) in [7, 11) is -3.10. The van der Waals surface area contributed by atoms with E-state index in [2.05, 4.69) is 10.3 Å². The van der Waals surface area contributed by atoms with Crippen molar-refractivity contribution >= 4 is 9.84 Å². The first-order valence-corrected chi connectivity index (χ1v) is 7.56. The first kappa shape index (κ1) is 14.0. The first-order chi connectivity index (χ1) is 8.93. The summed E-state index contributed by atoms with van der Waals surface area (Å²) in [5.74, 6) is 0.0515. The summed E-state index contributed by atoms with van der Waals surface area (Å²) in [6, 6.07) is -0.274. The zero-order chi connectivity index (χ0) is 14.0. The van der Waals surface area contributed by atoms with Crippen molar-refractivity contribution in [3.05, 3.63) is 34.5 Å². The van der Waals surface area contributed by atoms with Gasteiger partial charge in [0.25, 0.3) is 0 Å². The van der Waals surface area contributed by atoms with Crippen molar-refractivity contribution in [2.75, 3.05) is 5.75 Å². The number of pyridine rings is 1. The molecule has 3 N–H and O–H groups in total. The van der Waals surface area contributed by atoms with Crippen molar-refractivity contribution in [3.63, 3.8) is 0 Å². The number of rotatable bonds is 4. The van der Waals surface area contributed by atoms with Crippen molar-refractivity contribution in [2.24, 2.45) is 0 Å². The van der Waals surface area contributed by atoms with E-state index in [0.717, 1.165) is 0 Å². The second-order valence-corrected chi connectivity index (χ2v) is 6.43. The molecule has 1 aromatic rings. The number of aromatic nitrogens is 1. The highest BCUT2D eigenvalue weighted by atomic mass is 32.2. The van der Waals surface area contributed by atoms with Crippen molar-refractivity contribution in [3.8, 4) is 5.75 Å². The van der Waals surface area contributed by atoms with Crippen LogP contribution in [-0.4, -0.2) is 35.4 Å². The Hall–Kier alpha value is -1.44. The molecule has 7 heteroatoms. The lowest BCUT2D eigenvalue weighted by Crippen LogP contribution is -2.30. The molecule has 2 rings (SSSR count). The Labute approximate surface area is 111 Å². The molecule has 1 aliphatic rings. The van der Waals surface area contributed by atoms with Gasteiger partial charge in [0, 0.05) is 35.3 Å². The zero-order valence-electron chi connectivity index (χ0n) is 10.5. The summed E-state index contributed by atoms with van der Waals surface area (Å²) in [4.78, 5) is 3.97. The van der Waals surface area contributed by atoms with Crippen LogP contribution in [0, 0.1) is 6.92 Å². The molecule has 0 amide bonds. The minimum absolute atomic E-state index is 0.0201. The Kier molecular flexibility index (Phi) is 3.88. The van der Waals surface area contributed by atoms with Crippen LogP contribution < -0.4 is 5.32 Å². The molecule has 19 heavy (non-hydrogen) atoms. The van der Waals surface area contributed by atoms with Crippen LogP contribution >= 0.6 is 0 Å². The normalized spacial score (nSPS) is 20.8. The van der Waals surface area contributed by atoms with Crippen LogP contribution in [-0.2, 0) is 23.0 Å². The van der Waals surface area contributed by atoms with E-state index in [-0.39, 0.29) is 30.7 Å². The Balaban J connectivity index is 2.12. The molecule has 2 heterocycles. The highest BCUT2D eigenvalue weighted by molar-refractivity contribution is 7.94. The maximum absolute atomic E-state index is 11.3. The molecule has 1 aliphatic heterocycles. The summed E-state index contributed by atoms with van der Waals surface area (Å²) in [5, 5.41) is 23.4. The summed E-state index contributed by atoms with van der Waals surface area (Å²) in [6.07, 6.45) is 3.09. The third kappa shape index (κ3) is 3.12. The Morgan fingerprint density at radius 1 is 1.53 bits per heavy atom. The fourth-order valence-corrected chi connectivity index (χ4v) is 3.22. The average molecular weight is 284 g/mol. The summed E-state index contributed by atoms with van der Waals surface area (Å²) < 4.78 is 22.5. The smallest absolute Gasteiger partial charge is 0.173 e. The van der Waals surface area contributed by atoms with Gasteiger partial charge in [-0.3, -0.25) is 4.98 Å². The fraction of sp³-hybridized carbons (Fsp3) is 0.417. The van der Waals surface area contributed by atoms with Gasteiger partial charge >= 0.3 is 0 Å². The van der Waals surface area contributed by atoms with Gasteiger partial charge < -0.3 is 15.5 Å². The molecule has 0 radical (unpaired) electrons. The minimum Gasteiger partial charge on any atom is -0.506 e. The molecule has 0 spiro atoms. The number of aromatic hydroxyl groups is 1. The molecule has 0 saturated carbocycles. The molecule has 0 saturated heterocycles. The van der Waals surface area contributed by atoms with E-state index < -0.39 is 9.84 Å². The summed E-state index contributed by atoms with van der Waals surface area (Å²) >= 11 is 0. The highest BCUT2D eigenvalue weighted by Gasteiger charge is 2.22. The molecule has 1 atom stereocenters. The third-order valence-corrected chi connectivity index (χ3v) is 4.47. The van der Waals surface area contributed by atoms with Gasteiger partial charge in [-0.15, -0.1) is 0 Å². The molecule has 104 valence electrons. The van der Waals surface area contributed by atoms with Gasteiger partial charge in [-0.05, 0) is 6.92 Å². The van der Waals surface area contributed by atoms with Crippen LogP contribution in [0.15, 0.2) is 17.7 Å². The molecular formula is C12H16N2O4S. The van der Waals surface area contributed by atoms with Crippen molar-refractivity contribution < 1.29 is 18.6 Å². The molecule has 0 aromatic carbocycles. The van der Waals surface area contributed by atoms with E-state index >= 15 is 0 Å². The number of hydrogen-bond donors (Lipinski definition) is 3. The number of aliphatic hydroxyl groups excluding tert-OH is 1. The van der Waals surface area contributed by atoms with Gasteiger partial charge in [0.05, 0.1) is 18.1 Å². The van der Waals surface area contributed by atoms with Crippen LogP contribution in [0.3, 0.4) is 0 Å².